The van der Waals surface area contributed by atoms with Crippen molar-refractivity contribution in [3.63, 3.8) is 0 Å². The molecule has 4 aromatic rings. The van der Waals surface area contributed by atoms with Gasteiger partial charge in [-0.05, 0) is 72.5 Å². The lowest BCUT2D eigenvalue weighted by atomic mass is 10.0. The molecule has 4 aromatic carbocycles. The fraction of sp³-hybridized carbons (Fsp3) is 0.257. The fourth-order valence-corrected chi connectivity index (χ4v) is 6.58. The van der Waals surface area contributed by atoms with Crippen LogP contribution in [-0.2, 0) is 32.6 Å². The lowest BCUT2D eigenvalue weighted by Gasteiger charge is -2.34. The van der Waals surface area contributed by atoms with E-state index in [2.05, 4.69) is 5.32 Å². The second-order valence-electron chi connectivity index (χ2n) is 10.6. The van der Waals surface area contributed by atoms with E-state index in [4.69, 9.17) is 16.3 Å². The smallest absolute Gasteiger partial charge is 0.264 e. The van der Waals surface area contributed by atoms with Gasteiger partial charge in [0, 0.05) is 24.5 Å². The van der Waals surface area contributed by atoms with Gasteiger partial charge in [0.2, 0.25) is 11.8 Å². The number of para-hydroxylation sites is 1. The van der Waals surface area contributed by atoms with E-state index in [-0.39, 0.29) is 23.8 Å². The number of sulfonamides is 1. The topological polar surface area (TPSA) is 96.0 Å². The predicted molar refractivity (Wildman–Crippen MR) is 178 cm³/mol. The molecule has 0 radical (unpaired) electrons. The van der Waals surface area contributed by atoms with Gasteiger partial charge in [0.25, 0.3) is 10.0 Å². The van der Waals surface area contributed by atoms with Crippen LogP contribution in [0.3, 0.4) is 0 Å². The lowest BCUT2D eigenvalue weighted by Crippen LogP contribution is -2.53. The average Bonchev–Trinajstić information content (AvgIpc) is 3.05. The van der Waals surface area contributed by atoms with Crippen LogP contribution >= 0.6 is 11.6 Å². The molecule has 2 amide bonds. The molecule has 8 nitrogen and oxygen atoms in total. The van der Waals surface area contributed by atoms with Crippen LogP contribution in [0.5, 0.6) is 5.75 Å². The zero-order valence-corrected chi connectivity index (χ0v) is 27.2. The summed E-state index contributed by atoms with van der Waals surface area (Å²) in [5, 5.41) is 3.34. The summed E-state index contributed by atoms with van der Waals surface area (Å²) < 4.78 is 34.8. The molecule has 0 saturated heterocycles. The van der Waals surface area contributed by atoms with Gasteiger partial charge in [0.1, 0.15) is 18.3 Å². The minimum absolute atomic E-state index is 0.0103. The molecule has 0 fully saturated rings. The van der Waals surface area contributed by atoms with Gasteiger partial charge in [0.05, 0.1) is 17.7 Å². The molecule has 1 N–H and O–H groups in total. The van der Waals surface area contributed by atoms with Gasteiger partial charge in [-0.1, -0.05) is 79.2 Å². The molecule has 10 heteroatoms. The predicted octanol–water partition coefficient (Wildman–Crippen LogP) is 6.02. The van der Waals surface area contributed by atoms with Crippen molar-refractivity contribution in [1.82, 2.24) is 10.2 Å². The zero-order valence-electron chi connectivity index (χ0n) is 25.6. The monoisotopic (exact) mass is 647 g/mol. The number of nitrogens with one attached hydrogen (secondary N) is 1. The molecule has 0 aliphatic carbocycles. The highest BCUT2D eigenvalue weighted by atomic mass is 35.5. The Morgan fingerprint density at radius 3 is 2.22 bits per heavy atom. The maximum absolute atomic E-state index is 14.5. The second-order valence-corrected chi connectivity index (χ2v) is 12.9. The summed E-state index contributed by atoms with van der Waals surface area (Å²) >= 11 is 6.06. The maximum Gasteiger partial charge on any atom is 0.264 e. The first-order valence-electron chi connectivity index (χ1n) is 14.7. The summed E-state index contributed by atoms with van der Waals surface area (Å²) in [5.41, 5.74) is 2.62. The highest BCUT2D eigenvalue weighted by molar-refractivity contribution is 7.92. The van der Waals surface area contributed by atoms with E-state index in [9.17, 15) is 18.0 Å². The van der Waals surface area contributed by atoms with Gasteiger partial charge in [-0.15, -0.1) is 0 Å². The van der Waals surface area contributed by atoms with E-state index >= 15 is 0 Å². The number of amides is 2. The van der Waals surface area contributed by atoms with E-state index in [1.54, 1.807) is 50.4 Å². The van der Waals surface area contributed by atoms with E-state index in [1.807, 2.05) is 49.4 Å². The first-order chi connectivity index (χ1) is 21.6. The second kappa shape index (κ2) is 15.6. The van der Waals surface area contributed by atoms with Crippen molar-refractivity contribution in [2.75, 3.05) is 24.5 Å². The van der Waals surface area contributed by atoms with Crippen LogP contribution in [0.1, 0.15) is 30.0 Å². The number of ether oxygens (including phenoxy) is 1. The number of aryl methyl sites for hydroxylation is 1. The average molecular weight is 648 g/mol. The van der Waals surface area contributed by atoms with Crippen molar-refractivity contribution < 1.29 is 22.7 Å². The SMILES string of the molecule is CCCNC(=O)[C@@H](Cc1ccccc1)N(Cc1cccc(OC)c1)C(=O)CN(c1ccccc1C)S(=O)(=O)c1ccc(Cl)cc1. The van der Waals surface area contributed by atoms with Crippen molar-refractivity contribution in [3.05, 3.63) is 125 Å². The van der Waals surface area contributed by atoms with Crippen LogP contribution in [0.4, 0.5) is 5.69 Å². The Balaban J connectivity index is 1.81. The highest BCUT2D eigenvalue weighted by Gasteiger charge is 2.35. The largest absolute Gasteiger partial charge is 0.497 e. The minimum atomic E-state index is -4.22. The fourth-order valence-electron chi connectivity index (χ4n) is 4.98. The molecular formula is C35H38ClN3O5S. The van der Waals surface area contributed by atoms with Crippen molar-refractivity contribution in [3.8, 4) is 5.75 Å². The Labute approximate surface area is 270 Å². The van der Waals surface area contributed by atoms with Gasteiger partial charge in [0.15, 0.2) is 0 Å². The Morgan fingerprint density at radius 2 is 1.56 bits per heavy atom. The number of carbonyl (C=O) groups excluding carboxylic acids is 2. The number of halogens is 1. The summed E-state index contributed by atoms with van der Waals surface area (Å²) in [6.07, 6.45) is 0.953. The number of benzene rings is 4. The van der Waals surface area contributed by atoms with E-state index in [0.717, 1.165) is 15.4 Å². The number of methoxy groups -OCH3 is 1. The molecular weight excluding hydrogens is 610 g/mol. The molecule has 0 heterocycles. The third-order valence-electron chi connectivity index (χ3n) is 7.37. The van der Waals surface area contributed by atoms with E-state index < -0.39 is 28.5 Å². The van der Waals surface area contributed by atoms with Crippen molar-refractivity contribution in [1.29, 1.82) is 0 Å². The molecule has 0 aliphatic heterocycles. The highest BCUT2D eigenvalue weighted by Crippen LogP contribution is 2.28. The number of nitrogens with zero attached hydrogens (tertiary/aromatic N) is 2. The van der Waals surface area contributed by atoms with Gasteiger partial charge in [-0.2, -0.15) is 0 Å². The molecule has 45 heavy (non-hydrogen) atoms. The third-order valence-corrected chi connectivity index (χ3v) is 9.40. The Bertz CT molecular complexity index is 1700. The van der Waals surface area contributed by atoms with Gasteiger partial charge < -0.3 is 15.0 Å². The minimum Gasteiger partial charge on any atom is -0.497 e. The van der Waals surface area contributed by atoms with Crippen LogP contribution in [0.2, 0.25) is 5.02 Å². The molecule has 0 bridgehead atoms. The molecule has 1 atom stereocenters. The first kappa shape index (κ1) is 33.6. The molecule has 0 aromatic heterocycles. The normalized spacial score (nSPS) is 11.8. The van der Waals surface area contributed by atoms with Crippen molar-refractivity contribution in [2.24, 2.45) is 0 Å². The van der Waals surface area contributed by atoms with Crippen molar-refractivity contribution in [2.45, 2.75) is 44.2 Å². The van der Waals surface area contributed by atoms with Crippen LogP contribution in [0, 0.1) is 6.92 Å². The van der Waals surface area contributed by atoms with Crippen LogP contribution < -0.4 is 14.4 Å². The van der Waals surface area contributed by atoms with Crippen LogP contribution in [0.15, 0.2) is 108 Å². The van der Waals surface area contributed by atoms with Crippen LogP contribution in [-0.4, -0.2) is 51.4 Å². The molecule has 0 unspecified atom stereocenters. The van der Waals surface area contributed by atoms with Crippen LogP contribution in [0.25, 0.3) is 0 Å². The summed E-state index contributed by atoms with van der Waals surface area (Å²) in [7, 11) is -2.66. The number of carbonyl (C=O) groups is 2. The van der Waals surface area contributed by atoms with E-state index in [0.29, 0.717) is 35.0 Å². The Hall–Kier alpha value is -4.34. The molecule has 236 valence electrons. The first-order valence-corrected chi connectivity index (χ1v) is 16.5. The summed E-state index contributed by atoms with van der Waals surface area (Å²) in [5.74, 6) is -0.257. The summed E-state index contributed by atoms with van der Waals surface area (Å²) in [6.45, 7) is 3.69. The Kier molecular flexibility index (Phi) is 11.6. The molecule has 0 aliphatic rings. The Morgan fingerprint density at radius 1 is 0.889 bits per heavy atom. The van der Waals surface area contributed by atoms with Gasteiger partial charge >= 0.3 is 0 Å². The number of hydrogen-bond acceptors (Lipinski definition) is 5. The molecule has 0 saturated carbocycles. The third kappa shape index (κ3) is 8.65. The summed E-state index contributed by atoms with van der Waals surface area (Å²) in [6, 6.07) is 28.6. The van der Waals surface area contributed by atoms with Gasteiger partial charge in [-0.25, -0.2) is 8.42 Å². The molecule has 4 rings (SSSR count). The lowest BCUT2D eigenvalue weighted by molar-refractivity contribution is -0.140. The standard InChI is InChI=1S/C35H38ClN3O5S/c1-4-21-37-35(41)33(23-27-12-6-5-7-13-27)38(24-28-14-10-15-30(22-28)44-3)34(40)25-39(32-16-9-8-11-26(32)2)45(42,43)31-19-17-29(36)18-20-31/h5-20,22,33H,4,21,23-25H2,1-3H3,(H,37,41)/t33-/m1/s1. The van der Waals surface area contributed by atoms with E-state index in [1.165, 1.54) is 29.2 Å². The number of hydrogen-bond donors (Lipinski definition) is 1. The molecule has 0 spiro atoms. The zero-order chi connectivity index (χ0) is 32.4. The quantitative estimate of drug-likeness (QED) is 0.181. The number of anilines is 1. The summed E-state index contributed by atoms with van der Waals surface area (Å²) in [4.78, 5) is 29.7. The van der Waals surface area contributed by atoms with Crippen molar-refractivity contribution >= 4 is 39.1 Å². The number of rotatable bonds is 14. The van der Waals surface area contributed by atoms with Gasteiger partial charge in [-0.3, -0.25) is 13.9 Å². The maximum atomic E-state index is 14.5.